The maximum Gasteiger partial charge on any atom is 0.120 e. The molecule has 90 valence electrons. The van der Waals surface area contributed by atoms with Gasteiger partial charge in [0.15, 0.2) is 0 Å². The zero-order chi connectivity index (χ0) is 12.0. The molecule has 0 saturated heterocycles. The van der Waals surface area contributed by atoms with Gasteiger partial charge < -0.3 is 10.4 Å². The monoisotopic (exact) mass is 285 g/mol. The molecule has 2 N–H and O–H groups in total. The second-order valence-corrected chi connectivity index (χ2v) is 4.89. The lowest BCUT2D eigenvalue weighted by Gasteiger charge is -2.18. The van der Waals surface area contributed by atoms with Crippen molar-refractivity contribution in [2.24, 2.45) is 0 Å². The second kappa shape index (κ2) is 6.92. The van der Waals surface area contributed by atoms with Gasteiger partial charge in [-0.05, 0) is 37.6 Å². The van der Waals surface area contributed by atoms with Crippen LogP contribution in [0.5, 0.6) is 5.75 Å². The van der Waals surface area contributed by atoms with Crippen molar-refractivity contribution in [3.8, 4) is 5.75 Å². The fraction of sp³-hybridized carbons (Fsp3) is 0.538. The zero-order valence-electron chi connectivity index (χ0n) is 9.96. The SMILES string of the molecule is CCCCNC(CC)c1cc(Br)ccc1O. The minimum Gasteiger partial charge on any atom is -0.508 e. The summed E-state index contributed by atoms with van der Waals surface area (Å²) in [6, 6.07) is 5.83. The van der Waals surface area contributed by atoms with E-state index < -0.39 is 0 Å². The first-order valence-electron chi connectivity index (χ1n) is 5.90. The summed E-state index contributed by atoms with van der Waals surface area (Å²) in [6.07, 6.45) is 3.34. The number of hydrogen-bond donors (Lipinski definition) is 2. The summed E-state index contributed by atoms with van der Waals surface area (Å²) in [5.41, 5.74) is 0.980. The number of rotatable bonds is 6. The Labute approximate surface area is 106 Å². The van der Waals surface area contributed by atoms with E-state index in [4.69, 9.17) is 0 Å². The van der Waals surface area contributed by atoms with Gasteiger partial charge in [0, 0.05) is 16.1 Å². The van der Waals surface area contributed by atoms with E-state index in [1.165, 1.54) is 12.8 Å². The molecule has 1 atom stereocenters. The van der Waals surface area contributed by atoms with E-state index in [0.29, 0.717) is 5.75 Å². The number of phenols is 1. The predicted molar refractivity (Wildman–Crippen MR) is 71.7 cm³/mol. The molecule has 0 aliphatic rings. The second-order valence-electron chi connectivity index (χ2n) is 3.97. The van der Waals surface area contributed by atoms with Gasteiger partial charge in [-0.3, -0.25) is 0 Å². The fourth-order valence-electron chi connectivity index (χ4n) is 1.73. The van der Waals surface area contributed by atoms with Gasteiger partial charge in [-0.2, -0.15) is 0 Å². The van der Waals surface area contributed by atoms with Gasteiger partial charge in [0.2, 0.25) is 0 Å². The largest absolute Gasteiger partial charge is 0.508 e. The summed E-state index contributed by atoms with van der Waals surface area (Å²) in [6.45, 7) is 5.31. The average Bonchev–Trinajstić information content (AvgIpc) is 2.28. The van der Waals surface area contributed by atoms with Gasteiger partial charge >= 0.3 is 0 Å². The number of hydrogen-bond acceptors (Lipinski definition) is 2. The van der Waals surface area contributed by atoms with Crippen LogP contribution in [0.1, 0.15) is 44.7 Å². The van der Waals surface area contributed by atoms with Gasteiger partial charge in [0.05, 0.1) is 0 Å². The van der Waals surface area contributed by atoms with Crippen molar-refractivity contribution in [3.05, 3.63) is 28.2 Å². The van der Waals surface area contributed by atoms with Crippen LogP contribution in [0.3, 0.4) is 0 Å². The van der Waals surface area contributed by atoms with Gasteiger partial charge in [0.25, 0.3) is 0 Å². The van der Waals surface area contributed by atoms with Crippen LogP contribution in [0.15, 0.2) is 22.7 Å². The van der Waals surface area contributed by atoms with E-state index in [0.717, 1.165) is 23.0 Å². The van der Waals surface area contributed by atoms with Crippen LogP contribution in [-0.2, 0) is 0 Å². The van der Waals surface area contributed by atoms with E-state index in [-0.39, 0.29) is 6.04 Å². The third-order valence-electron chi connectivity index (χ3n) is 2.69. The fourth-order valence-corrected chi connectivity index (χ4v) is 2.11. The number of halogens is 1. The number of phenolic OH excluding ortho intramolecular Hbond substituents is 1. The molecule has 0 radical (unpaired) electrons. The van der Waals surface area contributed by atoms with Crippen LogP contribution in [-0.4, -0.2) is 11.7 Å². The number of nitrogens with one attached hydrogen (secondary N) is 1. The smallest absolute Gasteiger partial charge is 0.120 e. The first-order chi connectivity index (χ1) is 7.69. The van der Waals surface area contributed by atoms with Crippen molar-refractivity contribution < 1.29 is 5.11 Å². The highest BCUT2D eigenvalue weighted by Gasteiger charge is 2.12. The molecule has 0 spiro atoms. The lowest BCUT2D eigenvalue weighted by Crippen LogP contribution is -2.21. The molecular formula is C13H20BrNO. The van der Waals surface area contributed by atoms with Crippen LogP contribution in [0, 0.1) is 0 Å². The highest BCUT2D eigenvalue weighted by molar-refractivity contribution is 9.10. The summed E-state index contributed by atoms with van der Waals surface area (Å²) >= 11 is 3.44. The zero-order valence-corrected chi connectivity index (χ0v) is 11.5. The van der Waals surface area contributed by atoms with Crippen molar-refractivity contribution in [1.82, 2.24) is 5.32 Å². The van der Waals surface area contributed by atoms with Gasteiger partial charge in [-0.25, -0.2) is 0 Å². The molecule has 3 heteroatoms. The molecule has 2 nitrogen and oxygen atoms in total. The van der Waals surface area contributed by atoms with Crippen molar-refractivity contribution in [2.45, 2.75) is 39.2 Å². The Kier molecular flexibility index (Phi) is 5.85. The van der Waals surface area contributed by atoms with E-state index in [1.807, 2.05) is 12.1 Å². The summed E-state index contributed by atoms with van der Waals surface area (Å²) < 4.78 is 1.01. The first kappa shape index (κ1) is 13.5. The summed E-state index contributed by atoms with van der Waals surface area (Å²) in [5.74, 6) is 0.374. The Morgan fingerprint density at radius 1 is 1.38 bits per heavy atom. The topological polar surface area (TPSA) is 32.3 Å². The first-order valence-corrected chi connectivity index (χ1v) is 6.70. The Morgan fingerprint density at radius 3 is 2.75 bits per heavy atom. The van der Waals surface area contributed by atoms with E-state index in [1.54, 1.807) is 6.07 Å². The maximum atomic E-state index is 9.83. The number of benzene rings is 1. The molecule has 0 fully saturated rings. The van der Waals surface area contributed by atoms with Crippen LogP contribution >= 0.6 is 15.9 Å². The molecule has 16 heavy (non-hydrogen) atoms. The highest BCUT2D eigenvalue weighted by Crippen LogP contribution is 2.29. The molecule has 1 aromatic carbocycles. The summed E-state index contributed by atoms with van der Waals surface area (Å²) in [4.78, 5) is 0. The molecule has 0 aliphatic carbocycles. The minimum atomic E-state index is 0.240. The molecular weight excluding hydrogens is 266 g/mol. The van der Waals surface area contributed by atoms with E-state index in [2.05, 4.69) is 35.1 Å². The Morgan fingerprint density at radius 2 is 2.12 bits per heavy atom. The van der Waals surface area contributed by atoms with E-state index >= 15 is 0 Å². The van der Waals surface area contributed by atoms with Gasteiger partial charge in [-0.15, -0.1) is 0 Å². The molecule has 0 bridgehead atoms. The molecule has 1 rings (SSSR count). The Bertz CT molecular complexity index is 328. The number of aromatic hydroxyl groups is 1. The summed E-state index contributed by atoms with van der Waals surface area (Å²) in [5, 5.41) is 13.3. The quantitative estimate of drug-likeness (QED) is 0.775. The van der Waals surface area contributed by atoms with Crippen LogP contribution < -0.4 is 5.32 Å². The van der Waals surface area contributed by atoms with Crippen molar-refractivity contribution >= 4 is 15.9 Å². The summed E-state index contributed by atoms with van der Waals surface area (Å²) in [7, 11) is 0. The molecule has 0 aliphatic heterocycles. The molecule has 0 aromatic heterocycles. The van der Waals surface area contributed by atoms with Crippen molar-refractivity contribution in [3.63, 3.8) is 0 Å². The normalized spacial score (nSPS) is 12.7. The van der Waals surface area contributed by atoms with Crippen LogP contribution in [0.2, 0.25) is 0 Å². The standard InChI is InChI=1S/C13H20BrNO/c1-3-5-8-15-12(4-2)11-9-10(14)6-7-13(11)16/h6-7,9,12,15-16H,3-5,8H2,1-2H3. The van der Waals surface area contributed by atoms with Crippen LogP contribution in [0.4, 0.5) is 0 Å². The van der Waals surface area contributed by atoms with Gasteiger partial charge in [0.1, 0.15) is 5.75 Å². The number of unbranched alkanes of at least 4 members (excludes halogenated alkanes) is 1. The highest BCUT2D eigenvalue weighted by atomic mass is 79.9. The molecule has 0 amide bonds. The molecule has 0 heterocycles. The van der Waals surface area contributed by atoms with E-state index in [9.17, 15) is 5.11 Å². The maximum absolute atomic E-state index is 9.83. The van der Waals surface area contributed by atoms with Gasteiger partial charge in [-0.1, -0.05) is 36.2 Å². The van der Waals surface area contributed by atoms with Crippen LogP contribution in [0.25, 0.3) is 0 Å². The average molecular weight is 286 g/mol. The lowest BCUT2D eigenvalue weighted by molar-refractivity contribution is 0.439. The Hall–Kier alpha value is -0.540. The minimum absolute atomic E-state index is 0.240. The molecule has 0 saturated carbocycles. The van der Waals surface area contributed by atoms with Crippen molar-refractivity contribution in [1.29, 1.82) is 0 Å². The Balaban J connectivity index is 2.73. The third-order valence-corrected chi connectivity index (χ3v) is 3.19. The molecule has 1 unspecified atom stereocenters. The van der Waals surface area contributed by atoms with Crippen molar-refractivity contribution in [2.75, 3.05) is 6.54 Å². The molecule has 1 aromatic rings. The third kappa shape index (κ3) is 3.80. The predicted octanol–water partition coefficient (Wildman–Crippen LogP) is 4.00. The lowest BCUT2D eigenvalue weighted by atomic mass is 10.0.